The first-order valence-electron chi connectivity index (χ1n) is 5.96. The van der Waals surface area contributed by atoms with Gasteiger partial charge in [-0.1, -0.05) is 11.8 Å². The van der Waals surface area contributed by atoms with Gasteiger partial charge in [0.15, 0.2) is 5.16 Å². The third-order valence-electron chi connectivity index (χ3n) is 2.25. The molecule has 0 radical (unpaired) electrons. The van der Waals surface area contributed by atoms with Gasteiger partial charge in [-0.15, -0.1) is 0 Å². The quantitative estimate of drug-likeness (QED) is 0.607. The summed E-state index contributed by atoms with van der Waals surface area (Å²) in [4.78, 5) is 10.7. The van der Waals surface area contributed by atoms with Gasteiger partial charge in [-0.05, 0) is 27.0 Å². The van der Waals surface area contributed by atoms with Crippen molar-refractivity contribution in [1.82, 2.24) is 9.97 Å². The minimum Gasteiger partial charge on any atom is -0.389 e. The molecule has 0 amide bonds. The van der Waals surface area contributed by atoms with Gasteiger partial charge in [-0.3, -0.25) is 0 Å². The van der Waals surface area contributed by atoms with Crippen molar-refractivity contribution in [3.8, 4) is 0 Å². The van der Waals surface area contributed by atoms with Gasteiger partial charge in [0.05, 0.1) is 5.60 Å². The number of aromatic nitrogens is 2. The van der Waals surface area contributed by atoms with E-state index < -0.39 is 5.60 Å². The number of hydrogen-bond donors (Lipinski definition) is 2. The van der Waals surface area contributed by atoms with Crippen LogP contribution >= 0.6 is 11.8 Å². The number of thioether (sulfide) groups is 1. The molecule has 2 N–H and O–H groups in total. The summed E-state index contributed by atoms with van der Waals surface area (Å²) in [6.45, 7) is 6.93. The lowest BCUT2D eigenvalue weighted by molar-refractivity contribution is 0.0884. The van der Waals surface area contributed by atoms with Gasteiger partial charge >= 0.3 is 0 Å². The molecule has 1 rings (SSSR count). The highest BCUT2D eigenvalue weighted by Gasteiger charge is 2.17. The second kappa shape index (κ2) is 6.24. The minimum atomic E-state index is -0.752. The molecule has 1 aromatic rings. The van der Waals surface area contributed by atoms with E-state index in [4.69, 9.17) is 0 Å². The largest absolute Gasteiger partial charge is 0.389 e. The molecule has 0 aromatic carbocycles. The number of hydrogen-bond acceptors (Lipinski definition) is 6. The number of nitrogens with one attached hydrogen (secondary N) is 1. The van der Waals surface area contributed by atoms with E-state index in [1.54, 1.807) is 13.8 Å². The van der Waals surface area contributed by atoms with Gasteiger partial charge in [0.25, 0.3) is 0 Å². The Morgan fingerprint density at radius 1 is 1.44 bits per heavy atom. The van der Waals surface area contributed by atoms with Gasteiger partial charge in [0.1, 0.15) is 11.6 Å². The Morgan fingerprint density at radius 2 is 2.11 bits per heavy atom. The Hall–Kier alpha value is -1.01. The molecule has 0 aliphatic heterocycles. The molecule has 18 heavy (non-hydrogen) atoms. The summed E-state index contributed by atoms with van der Waals surface area (Å²) in [6, 6.07) is 1.90. The zero-order valence-corrected chi connectivity index (χ0v) is 12.5. The summed E-state index contributed by atoms with van der Waals surface area (Å²) in [5.41, 5.74) is -0.752. The second-order valence-corrected chi connectivity index (χ2v) is 5.57. The van der Waals surface area contributed by atoms with Crippen molar-refractivity contribution in [3.05, 3.63) is 6.07 Å². The standard InChI is InChI=1S/C12H22N4OS/c1-6-13-9-7-10(15-11(14-9)18-5)16(4)8-12(2,3)17/h7,17H,6,8H2,1-5H3,(H,13,14,15). The molecule has 0 aliphatic rings. The van der Waals surface area contributed by atoms with Crippen LogP contribution in [-0.4, -0.2) is 47.1 Å². The van der Waals surface area contributed by atoms with Crippen LogP contribution in [0.5, 0.6) is 0 Å². The minimum absolute atomic E-state index is 0.517. The van der Waals surface area contributed by atoms with E-state index in [0.717, 1.165) is 23.3 Å². The molecule has 0 aliphatic carbocycles. The Bertz CT molecular complexity index is 392. The van der Waals surface area contributed by atoms with Crippen LogP contribution in [0.1, 0.15) is 20.8 Å². The maximum Gasteiger partial charge on any atom is 0.191 e. The van der Waals surface area contributed by atoms with Crippen LogP contribution in [0.3, 0.4) is 0 Å². The first-order chi connectivity index (χ1) is 8.35. The van der Waals surface area contributed by atoms with E-state index >= 15 is 0 Å². The topological polar surface area (TPSA) is 61.3 Å². The summed E-state index contributed by atoms with van der Waals surface area (Å²) in [6.07, 6.45) is 1.95. The molecule has 6 heteroatoms. The van der Waals surface area contributed by atoms with Crippen LogP contribution in [0, 0.1) is 0 Å². The Labute approximate surface area is 113 Å². The van der Waals surface area contributed by atoms with Crippen LogP contribution in [-0.2, 0) is 0 Å². The highest BCUT2D eigenvalue weighted by Crippen LogP contribution is 2.20. The van der Waals surface area contributed by atoms with Crippen molar-refractivity contribution in [2.45, 2.75) is 31.5 Å². The van der Waals surface area contributed by atoms with E-state index in [-0.39, 0.29) is 0 Å². The van der Waals surface area contributed by atoms with Gasteiger partial charge in [-0.2, -0.15) is 0 Å². The third-order valence-corrected chi connectivity index (χ3v) is 2.80. The highest BCUT2D eigenvalue weighted by molar-refractivity contribution is 7.98. The van der Waals surface area contributed by atoms with Crippen molar-refractivity contribution in [2.24, 2.45) is 0 Å². The summed E-state index contributed by atoms with van der Waals surface area (Å²) in [5.74, 6) is 1.63. The van der Waals surface area contributed by atoms with Crippen molar-refractivity contribution >= 4 is 23.4 Å². The Kier molecular flexibility index (Phi) is 5.22. The molecule has 0 spiro atoms. The molecule has 1 heterocycles. The molecule has 0 atom stereocenters. The summed E-state index contributed by atoms with van der Waals surface area (Å²) >= 11 is 1.51. The normalized spacial score (nSPS) is 11.4. The average Bonchev–Trinajstić information content (AvgIpc) is 2.26. The summed E-state index contributed by atoms with van der Waals surface area (Å²) in [5, 5.41) is 13.8. The maximum atomic E-state index is 9.84. The van der Waals surface area contributed by atoms with Crippen molar-refractivity contribution < 1.29 is 5.11 Å². The fourth-order valence-electron chi connectivity index (χ4n) is 1.63. The lowest BCUT2D eigenvalue weighted by Gasteiger charge is -2.26. The smallest absolute Gasteiger partial charge is 0.191 e. The maximum absolute atomic E-state index is 9.84. The molecule has 0 fully saturated rings. The number of rotatable bonds is 6. The van der Waals surface area contributed by atoms with Gasteiger partial charge < -0.3 is 15.3 Å². The molecule has 5 nitrogen and oxygen atoms in total. The Balaban J connectivity index is 2.96. The number of likely N-dealkylation sites (N-methyl/N-ethyl adjacent to an activating group) is 1. The number of nitrogens with zero attached hydrogens (tertiary/aromatic N) is 3. The first kappa shape index (κ1) is 15.0. The molecule has 0 saturated heterocycles. The van der Waals surface area contributed by atoms with Crippen LogP contribution < -0.4 is 10.2 Å². The monoisotopic (exact) mass is 270 g/mol. The fourth-order valence-corrected chi connectivity index (χ4v) is 2.01. The summed E-state index contributed by atoms with van der Waals surface area (Å²) < 4.78 is 0. The van der Waals surface area contributed by atoms with Crippen LogP contribution in [0.15, 0.2) is 11.2 Å². The van der Waals surface area contributed by atoms with Gasteiger partial charge in [-0.25, -0.2) is 9.97 Å². The van der Waals surface area contributed by atoms with Crippen molar-refractivity contribution in [1.29, 1.82) is 0 Å². The third kappa shape index (κ3) is 4.70. The van der Waals surface area contributed by atoms with Gasteiger partial charge in [0.2, 0.25) is 0 Å². The fraction of sp³-hybridized carbons (Fsp3) is 0.667. The lowest BCUT2D eigenvalue weighted by atomic mass is 10.1. The van der Waals surface area contributed by atoms with Crippen molar-refractivity contribution in [2.75, 3.05) is 36.6 Å². The van der Waals surface area contributed by atoms with E-state index in [2.05, 4.69) is 15.3 Å². The highest BCUT2D eigenvalue weighted by atomic mass is 32.2. The molecule has 102 valence electrons. The van der Waals surface area contributed by atoms with Gasteiger partial charge in [0, 0.05) is 26.2 Å². The van der Waals surface area contributed by atoms with Crippen LogP contribution in [0.4, 0.5) is 11.6 Å². The first-order valence-corrected chi connectivity index (χ1v) is 7.18. The van der Waals surface area contributed by atoms with Crippen molar-refractivity contribution in [3.63, 3.8) is 0 Å². The Morgan fingerprint density at radius 3 is 2.61 bits per heavy atom. The van der Waals surface area contributed by atoms with Crippen LogP contribution in [0.25, 0.3) is 0 Å². The zero-order chi connectivity index (χ0) is 13.8. The number of aliphatic hydroxyl groups is 1. The lowest BCUT2D eigenvalue weighted by Crippen LogP contribution is -2.36. The predicted molar refractivity (Wildman–Crippen MR) is 77.5 cm³/mol. The average molecular weight is 270 g/mol. The summed E-state index contributed by atoms with van der Waals surface area (Å²) in [7, 11) is 1.92. The SMILES string of the molecule is CCNc1cc(N(C)CC(C)(C)O)nc(SC)n1. The molecule has 1 aromatic heterocycles. The van der Waals surface area contributed by atoms with E-state index in [9.17, 15) is 5.11 Å². The zero-order valence-electron chi connectivity index (χ0n) is 11.7. The predicted octanol–water partition coefficient (Wildman–Crippen LogP) is 1.84. The van der Waals surface area contributed by atoms with E-state index in [1.165, 1.54) is 11.8 Å². The molecule has 0 saturated carbocycles. The molecular weight excluding hydrogens is 248 g/mol. The second-order valence-electron chi connectivity index (χ2n) is 4.80. The van der Waals surface area contributed by atoms with Crippen LogP contribution in [0.2, 0.25) is 0 Å². The molecule has 0 unspecified atom stereocenters. The molecular formula is C12H22N4OS. The number of anilines is 2. The molecule has 0 bridgehead atoms. The van der Waals surface area contributed by atoms with E-state index in [0.29, 0.717) is 6.54 Å². The van der Waals surface area contributed by atoms with E-state index in [1.807, 2.05) is 31.2 Å².